The van der Waals surface area contributed by atoms with E-state index in [-0.39, 0.29) is 0 Å². The number of aliphatic carboxylic acids is 1. The molecule has 0 spiro atoms. The van der Waals surface area contributed by atoms with Crippen molar-refractivity contribution in [2.75, 3.05) is 6.54 Å². The molecule has 0 bridgehead atoms. The van der Waals surface area contributed by atoms with Gasteiger partial charge in [-0.05, 0) is 39.2 Å². The van der Waals surface area contributed by atoms with Gasteiger partial charge in [0.1, 0.15) is 5.54 Å². The van der Waals surface area contributed by atoms with Crippen LogP contribution in [0.2, 0.25) is 0 Å². The minimum Gasteiger partial charge on any atom is -0.480 e. The van der Waals surface area contributed by atoms with Crippen molar-refractivity contribution in [2.24, 2.45) is 5.92 Å². The summed E-state index contributed by atoms with van der Waals surface area (Å²) in [5.74, 6) is -0.0828. The maximum atomic E-state index is 11.4. The molecular weight excluding hydrogens is 214 g/mol. The van der Waals surface area contributed by atoms with Gasteiger partial charge in [0.2, 0.25) is 0 Å². The SMILES string of the molecule is CCC(C)CC(CC)N(CC)C(C)(C)C(=O)O. The standard InChI is InChI=1S/C14H29NO2/c1-7-11(4)10-12(8-2)15(9-3)14(5,6)13(16)17/h11-12H,7-10H2,1-6H3,(H,16,17). The van der Waals surface area contributed by atoms with Crippen LogP contribution >= 0.6 is 0 Å². The van der Waals surface area contributed by atoms with Crippen LogP contribution in [0.1, 0.15) is 60.8 Å². The summed E-state index contributed by atoms with van der Waals surface area (Å²) in [5, 5.41) is 9.34. The van der Waals surface area contributed by atoms with Gasteiger partial charge in [0.05, 0.1) is 0 Å². The normalized spacial score (nSPS) is 15.9. The molecule has 0 amide bonds. The molecule has 0 heterocycles. The molecular formula is C14H29NO2. The Morgan fingerprint density at radius 2 is 1.76 bits per heavy atom. The third-order valence-corrected chi connectivity index (χ3v) is 3.87. The molecule has 102 valence electrons. The molecule has 0 rings (SSSR count). The van der Waals surface area contributed by atoms with Crippen LogP contribution in [0.15, 0.2) is 0 Å². The zero-order valence-corrected chi connectivity index (χ0v) is 12.3. The molecule has 0 radical (unpaired) electrons. The van der Waals surface area contributed by atoms with E-state index in [2.05, 4.69) is 25.7 Å². The molecule has 2 atom stereocenters. The summed E-state index contributed by atoms with van der Waals surface area (Å²) in [4.78, 5) is 13.5. The minimum atomic E-state index is -0.775. The van der Waals surface area contributed by atoms with E-state index < -0.39 is 11.5 Å². The van der Waals surface area contributed by atoms with Crippen molar-refractivity contribution in [1.82, 2.24) is 4.90 Å². The quantitative estimate of drug-likeness (QED) is 0.710. The lowest BCUT2D eigenvalue weighted by molar-refractivity contribution is -0.151. The maximum Gasteiger partial charge on any atom is 0.323 e. The van der Waals surface area contributed by atoms with E-state index in [9.17, 15) is 9.90 Å². The Balaban J connectivity index is 4.87. The Morgan fingerprint density at radius 3 is 2.06 bits per heavy atom. The van der Waals surface area contributed by atoms with Gasteiger partial charge in [-0.25, -0.2) is 0 Å². The van der Waals surface area contributed by atoms with Crippen LogP contribution in [0.25, 0.3) is 0 Å². The van der Waals surface area contributed by atoms with E-state index in [1.165, 1.54) is 0 Å². The van der Waals surface area contributed by atoms with Crippen molar-refractivity contribution < 1.29 is 9.90 Å². The zero-order valence-electron chi connectivity index (χ0n) is 12.3. The first-order valence-electron chi connectivity index (χ1n) is 6.81. The fourth-order valence-corrected chi connectivity index (χ4v) is 2.38. The number of hydrogen-bond acceptors (Lipinski definition) is 2. The van der Waals surface area contributed by atoms with Crippen molar-refractivity contribution in [3.63, 3.8) is 0 Å². The summed E-state index contributed by atoms with van der Waals surface area (Å²) in [7, 11) is 0. The molecule has 0 aromatic carbocycles. The molecule has 3 heteroatoms. The number of nitrogens with zero attached hydrogens (tertiary/aromatic N) is 1. The fraction of sp³-hybridized carbons (Fsp3) is 0.929. The number of carboxylic acid groups (broad SMARTS) is 1. The summed E-state index contributed by atoms with van der Waals surface area (Å²) in [6, 6.07) is 0.362. The predicted molar refractivity (Wildman–Crippen MR) is 72.2 cm³/mol. The Labute approximate surface area is 106 Å². The van der Waals surface area contributed by atoms with E-state index in [0.29, 0.717) is 12.0 Å². The molecule has 17 heavy (non-hydrogen) atoms. The largest absolute Gasteiger partial charge is 0.480 e. The Hall–Kier alpha value is -0.570. The van der Waals surface area contributed by atoms with E-state index in [4.69, 9.17) is 0 Å². The first kappa shape index (κ1) is 16.4. The second-order valence-electron chi connectivity index (χ2n) is 5.46. The topological polar surface area (TPSA) is 40.5 Å². The number of carbonyl (C=O) groups is 1. The number of hydrogen-bond donors (Lipinski definition) is 1. The second-order valence-corrected chi connectivity index (χ2v) is 5.46. The van der Waals surface area contributed by atoms with Crippen molar-refractivity contribution in [2.45, 2.75) is 72.4 Å². The maximum absolute atomic E-state index is 11.4. The summed E-state index contributed by atoms with van der Waals surface area (Å²) in [6.07, 6.45) is 3.24. The van der Waals surface area contributed by atoms with Crippen LogP contribution in [-0.2, 0) is 4.79 Å². The molecule has 0 aliphatic carbocycles. The van der Waals surface area contributed by atoms with Crippen molar-refractivity contribution in [3.8, 4) is 0 Å². The lowest BCUT2D eigenvalue weighted by Crippen LogP contribution is -2.54. The zero-order chi connectivity index (χ0) is 13.6. The number of likely N-dealkylation sites (N-methyl/N-ethyl adjacent to an activating group) is 1. The summed E-state index contributed by atoms with van der Waals surface area (Å²) in [5.41, 5.74) is -0.775. The highest BCUT2D eigenvalue weighted by Gasteiger charge is 2.37. The van der Waals surface area contributed by atoms with Crippen LogP contribution in [-0.4, -0.2) is 34.1 Å². The minimum absolute atomic E-state index is 0.362. The van der Waals surface area contributed by atoms with E-state index in [1.807, 2.05) is 6.92 Å². The van der Waals surface area contributed by atoms with Gasteiger partial charge in [-0.3, -0.25) is 9.69 Å². The number of carboxylic acids is 1. The molecule has 1 N–H and O–H groups in total. The summed E-state index contributed by atoms with van der Waals surface area (Å²) >= 11 is 0. The molecule has 0 aliphatic heterocycles. The highest BCUT2D eigenvalue weighted by Crippen LogP contribution is 2.25. The smallest absolute Gasteiger partial charge is 0.323 e. The monoisotopic (exact) mass is 243 g/mol. The average Bonchev–Trinajstić information content (AvgIpc) is 2.27. The van der Waals surface area contributed by atoms with Gasteiger partial charge in [0, 0.05) is 6.04 Å². The third-order valence-electron chi connectivity index (χ3n) is 3.87. The van der Waals surface area contributed by atoms with Gasteiger partial charge in [-0.2, -0.15) is 0 Å². The van der Waals surface area contributed by atoms with Gasteiger partial charge in [-0.1, -0.05) is 34.1 Å². The summed E-state index contributed by atoms with van der Waals surface area (Å²) in [6.45, 7) is 13.0. The van der Waals surface area contributed by atoms with Crippen LogP contribution in [0.5, 0.6) is 0 Å². The van der Waals surface area contributed by atoms with Gasteiger partial charge in [0.15, 0.2) is 0 Å². The van der Waals surface area contributed by atoms with E-state index in [1.54, 1.807) is 13.8 Å². The van der Waals surface area contributed by atoms with Crippen LogP contribution in [0.3, 0.4) is 0 Å². The van der Waals surface area contributed by atoms with Gasteiger partial charge < -0.3 is 5.11 Å². The van der Waals surface area contributed by atoms with Crippen molar-refractivity contribution >= 4 is 5.97 Å². The Morgan fingerprint density at radius 1 is 1.24 bits per heavy atom. The molecule has 0 aromatic rings. The molecule has 2 unspecified atom stereocenters. The lowest BCUT2D eigenvalue weighted by atomic mass is 9.92. The Kier molecular flexibility index (Phi) is 6.76. The van der Waals surface area contributed by atoms with Crippen molar-refractivity contribution in [3.05, 3.63) is 0 Å². The second kappa shape index (κ2) is 7.00. The van der Waals surface area contributed by atoms with Crippen molar-refractivity contribution in [1.29, 1.82) is 0 Å². The Bertz CT molecular complexity index is 238. The number of rotatable bonds is 8. The highest BCUT2D eigenvalue weighted by atomic mass is 16.4. The molecule has 0 saturated carbocycles. The van der Waals surface area contributed by atoms with Gasteiger partial charge in [-0.15, -0.1) is 0 Å². The predicted octanol–water partition coefficient (Wildman–Crippen LogP) is 3.39. The molecule has 0 fully saturated rings. The molecule has 0 saturated heterocycles. The molecule has 3 nitrogen and oxygen atoms in total. The fourth-order valence-electron chi connectivity index (χ4n) is 2.38. The first-order chi connectivity index (χ1) is 7.81. The summed E-state index contributed by atoms with van der Waals surface area (Å²) < 4.78 is 0. The van der Waals surface area contributed by atoms with Gasteiger partial charge in [0.25, 0.3) is 0 Å². The van der Waals surface area contributed by atoms with Gasteiger partial charge >= 0.3 is 5.97 Å². The average molecular weight is 243 g/mol. The lowest BCUT2D eigenvalue weighted by Gasteiger charge is -2.41. The van der Waals surface area contributed by atoms with E-state index in [0.717, 1.165) is 25.8 Å². The molecule has 0 aliphatic rings. The first-order valence-corrected chi connectivity index (χ1v) is 6.81. The molecule has 0 aromatic heterocycles. The highest BCUT2D eigenvalue weighted by molar-refractivity contribution is 5.77. The third kappa shape index (κ3) is 4.30. The van der Waals surface area contributed by atoms with Crippen LogP contribution < -0.4 is 0 Å². The van der Waals surface area contributed by atoms with E-state index >= 15 is 0 Å². The van der Waals surface area contributed by atoms with Crippen LogP contribution in [0, 0.1) is 5.92 Å². The van der Waals surface area contributed by atoms with Crippen LogP contribution in [0.4, 0.5) is 0 Å².